The van der Waals surface area contributed by atoms with E-state index in [2.05, 4.69) is 6.92 Å². The number of carbonyl (C=O) groups excluding carboxylic acids is 1. The highest BCUT2D eigenvalue weighted by Gasteiger charge is 2.20. The Morgan fingerprint density at radius 3 is 2.57 bits per heavy atom. The summed E-state index contributed by atoms with van der Waals surface area (Å²) in [5, 5.41) is 0. The molecule has 0 aliphatic carbocycles. The maximum absolute atomic E-state index is 11.6. The van der Waals surface area contributed by atoms with Gasteiger partial charge in [-0.15, -0.1) is 0 Å². The Labute approximate surface area is 86.6 Å². The van der Waals surface area contributed by atoms with E-state index in [1.807, 2.05) is 4.90 Å². The zero-order valence-electron chi connectivity index (χ0n) is 9.17. The van der Waals surface area contributed by atoms with Crippen molar-refractivity contribution in [1.29, 1.82) is 0 Å². The Hall–Kier alpha value is -0.570. The number of amides is 1. The van der Waals surface area contributed by atoms with Gasteiger partial charge in [0.25, 0.3) is 0 Å². The number of nitrogens with two attached hydrogens (primary N) is 1. The van der Waals surface area contributed by atoms with Gasteiger partial charge in [0, 0.05) is 19.5 Å². The van der Waals surface area contributed by atoms with Crippen molar-refractivity contribution in [1.82, 2.24) is 4.90 Å². The first-order chi connectivity index (χ1) is 6.77. The van der Waals surface area contributed by atoms with Gasteiger partial charge in [-0.3, -0.25) is 4.79 Å². The molecule has 3 nitrogen and oxygen atoms in total. The Morgan fingerprint density at radius 2 is 2.07 bits per heavy atom. The highest BCUT2D eigenvalue weighted by atomic mass is 16.2. The van der Waals surface area contributed by atoms with Crippen molar-refractivity contribution < 1.29 is 4.79 Å². The predicted octanol–water partition coefficient (Wildman–Crippen LogP) is 1.37. The molecule has 2 N–H and O–H groups in total. The van der Waals surface area contributed by atoms with Gasteiger partial charge in [0.05, 0.1) is 0 Å². The molecule has 14 heavy (non-hydrogen) atoms. The smallest absolute Gasteiger partial charge is 0.222 e. The standard InChI is InChI=1S/C11H22N2O/c1-2-10-5-8-13(9-6-10)11(14)4-3-7-12/h10H,2-9,12H2,1H3. The lowest BCUT2D eigenvalue weighted by molar-refractivity contribution is -0.132. The molecule has 0 unspecified atom stereocenters. The highest BCUT2D eigenvalue weighted by molar-refractivity contribution is 5.76. The fourth-order valence-corrected chi connectivity index (χ4v) is 2.00. The first-order valence-corrected chi connectivity index (χ1v) is 5.75. The highest BCUT2D eigenvalue weighted by Crippen LogP contribution is 2.20. The van der Waals surface area contributed by atoms with E-state index in [0.717, 1.165) is 25.4 Å². The summed E-state index contributed by atoms with van der Waals surface area (Å²) in [5.74, 6) is 1.14. The monoisotopic (exact) mass is 198 g/mol. The molecule has 0 atom stereocenters. The molecular formula is C11H22N2O. The fourth-order valence-electron chi connectivity index (χ4n) is 2.00. The summed E-state index contributed by atoms with van der Waals surface area (Å²) in [5.41, 5.74) is 5.38. The van der Waals surface area contributed by atoms with Crippen molar-refractivity contribution in [2.24, 2.45) is 11.7 Å². The minimum Gasteiger partial charge on any atom is -0.343 e. The lowest BCUT2D eigenvalue weighted by Gasteiger charge is -2.31. The molecule has 1 aliphatic heterocycles. The Bertz CT molecular complexity index is 174. The zero-order chi connectivity index (χ0) is 10.4. The number of piperidine rings is 1. The van der Waals surface area contributed by atoms with E-state index in [9.17, 15) is 4.79 Å². The topological polar surface area (TPSA) is 46.3 Å². The van der Waals surface area contributed by atoms with E-state index in [1.54, 1.807) is 0 Å². The number of likely N-dealkylation sites (tertiary alicyclic amines) is 1. The lowest BCUT2D eigenvalue weighted by Crippen LogP contribution is -2.38. The molecule has 0 saturated carbocycles. The third-order valence-corrected chi connectivity index (χ3v) is 3.14. The van der Waals surface area contributed by atoms with Gasteiger partial charge >= 0.3 is 0 Å². The van der Waals surface area contributed by atoms with Gasteiger partial charge in [0.1, 0.15) is 0 Å². The van der Waals surface area contributed by atoms with E-state index in [4.69, 9.17) is 5.73 Å². The largest absolute Gasteiger partial charge is 0.343 e. The molecule has 1 saturated heterocycles. The first-order valence-electron chi connectivity index (χ1n) is 5.75. The molecule has 1 rings (SSSR count). The molecule has 1 fully saturated rings. The second kappa shape index (κ2) is 6.02. The average Bonchev–Trinajstić information content (AvgIpc) is 2.26. The lowest BCUT2D eigenvalue weighted by atomic mass is 9.94. The predicted molar refractivity (Wildman–Crippen MR) is 57.9 cm³/mol. The van der Waals surface area contributed by atoms with Crippen LogP contribution < -0.4 is 5.73 Å². The van der Waals surface area contributed by atoms with Crippen LogP contribution >= 0.6 is 0 Å². The van der Waals surface area contributed by atoms with Crippen molar-refractivity contribution in [2.75, 3.05) is 19.6 Å². The van der Waals surface area contributed by atoms with Gasteiger partial charge in [0.2, 0.25) is 5.91 Å². The summed E-state index contributed by atoms with van der Waals surface area (Å²) in [6, 6.07) is 0. The normalized spacial score (nSPS) is 18.6. The third kappa shape index (κ3) is 3.29. The van der Waals surface area contributed by atoms with Gasteiger partial charge < -0.3 is 10.6 Å². The zero-order valence-corrected chi connectivity index (χ0v) is 9.17. The van der Waals surface area contributed by atoms with Crippen LogP contribution in [0.25, 0.3) is 0 Å². The van der Waals surface area contributed by atoms with Crippen LogP contribution in [0.2, 0.25) is 0 Å². The average molecular weight is 198 g/mol. The maximum Gasteiger partial charge on any atom is 0.222 e. The molecular weight excluding hydrogens is 176 g/mol. The molecule has 1 heterocycles. The number of carbonyl (C=O) groups is 1. The number of rotatable bonds is 4. The number of nitrogens with zero attached hydrogens (tertiary/aromatic N) is 1. The molecule has 0 aromatic carbocycles. The molecule has 0 aromatic heterocycles. The van der Waals surface area contributed by atoms with Crippen LogP contribution in [0, 0.1) is 5.92 Å². The SMILES string of the molecule is CCC1CCN(C(=O)CCCN)CC1. The van der Waals surface area contributed by atoms with Crippen molar-refractivity contribution in [3.63, 3.8) is 0 Å². The van der Waals surface area contributed by atoms with Crippen LogP contribution in [-0.2, 0) is 4.79 Å². The van der Waals surface area contributed by atoms with Gasteiger partial charge in [0.15, 0.2) is 0 Å². The van der Waals surface area contributed by atoms with E-state index in [-0.39, 0.29) is 0 Å². The quantitative estimate of drug-likeness (QED) is 0.741. The van der Waals surface area contributed by atoms with Crippen LogP contribution in [0.5, 0.6) is 0 Å². The minimum absolute atomic E-state index is 0.296. The Kier molecular flexibility index (Phi) is 4.94. The van der Waals surface area contributed by atoms with Crippen LogP contribution in [0.1, 0.15) is 39.0 Å². The third-order valence-electron chi connectivity index (χ3n) is 3.14. The molecule has 0 bridgehead atoms. The summed E-state index contributed by atoms with van der Waals surface area (Å²) in [6.07, 6.45) is 5.08. The molecule has 1 aliphatic rings. The van der Waals surface area contributed by atoms with Gasteiger partial charge in [-0.1, -0.05) is 13.3 Å². The van der Waals surface area contributed by atoms with Crippen LogP contribution in [0.3, 0.4) is 0 Å². The maximum atomic E-state index is 11.6. The van der Waals surface area contributed by atoms with Gasteiger partial charge in [-0.05, 0) is 31.7 Å². The van der Waals surface area contributed by atoms with Crippen molar-refractivity contribution in [3.05, 3.63) is 0 Å². The van der Waals surface area contributed by atoms with Crippen LogP contribution in [0.15, 0.2) is 0 Å². The van der Waals surface area contributed by atoms with E-state index < -0.39 is 0 Å². The summed E-state index contributed by atoms with van der Waals surface area (Å²) in [7, 11) is 0. The van der Waals surface area contributed by atoms with E-state index in [1.165, 1.54) is 19.3 Å². The van der Waals surface area contributed by atoms with E-state index in [0.29, 0.717) is 18.9 Å². The van der Waals surface area contributed by atoms with Crippen molar-refractivity contribution in [2.45, 2.75) is 39.0 Å². The molecule has 82 valence electrons. The molecule has 0 radical (unpaired) electrons. The minimum atomic E-state index is 0.296. The summed E-state index contributed by atoms with van der Waals surface area (Å²) >= 11 is 0. The summed E-state index contributed by atoms with van der Waals surface area (Å²) in [4.78, 5) is 13.6. The van der Waals surface area contributed by atoms with Crippen molar-refractivity contribution >= 4 is 5.91 Å². The van der Waals surface area contributed by atoms with Crippen molar-refractivity contribution in [3.8, 4) is 0 Å². The van der Waals surface area contributed by atoms with Crippen LogP contribution in [0.4, 0.5) is 0 Å². The fraction of sp³-hybridized carbons (Fsp3) is 0.909. The molecule has 0 spiro atoms. The summed E-state index contributed by atoms with van der Waals surface area (Å²) in [6.45, 7) is 4.78. The van der Waals surface area contributed by atoms with Gasteiger partial charge in [-0.25, -0.2) is 0 Å². The number of hydrogen-bond donors (Lipinski definition) is 1. The van der Waals surface area contributed by atoms with Crippen LogP contribution in [-0.4, -0.2) is 30.4 Å². The Balaban J connectivity index is 2.23. The second-order valence-corrected chi connectivity index (χ2v) is 4.12. The number of hydrogen-bond acceptors (Lipinski definition) is 2. The first kappa shape index (κ1) is 11.5. The second-order valence-electron chi connectivity index (χ2n) is 4.12. The molecule has 3 heteroatoms. The Morgan fingerprint density at radius 1 is 1.43 bits per heavy atom. The van der Waals surface area contributed by atoms with Gasteiger partial charge in [-0.2, -0.15) is 0 Å². The van der Waals surface area contributed by atoms with E-state index >= 15 is 0 Å². The summed E-state index contributed by atoms with van der Waals surface area (Å²) < 4.78 is 0. The molecule has 1 amide bonds. The molecule has 0 aromatic rings.